The van der Waals surface area contributed by atoms with E-state index in [2.05, 4.69) is 86.4 Å². The third-order valence-corrected chi connectivity index (χ3v) is 4.21. The van der Waals surface area contributed by atoms with Gasteiger partial charge in [-0.1, -0.05) is 48.5 Å². The number of nitrogens with zero attached hydrogens (tertiary/aromatic N) is 1. The van der Waals surface area contributed by atoms with E-state index in [0.717, 1.165) is 27.8 Å². The Labute approximate surface area is 148 Å². The number of ether oxygens (including phenoxy) is 1. The molecule has 25 heavy (non-hydrogen) atoms. The van der Waals surface area contributed by atoms with E-state index in [1.54, 1.807) is 0 Å². The Bertz CT molecular complexity index is 1060. The third kappa shape index (κ3) is 2.96. The summed E-state index contributed by atoms with van der Waals surface area (Å²) in [6, 6.07) is 23.1. The van der Waals surface area contributed by atoms with Crippen molar-refractivity contribution in [2.75, 3.05) is 0 Å². The van der Waals surface area contributed by atoms with Gasteiger partial charge in [-0.3, -0.25) is 4.98 Å². The summed E-state index contributed by atoms with van der Waals surface area (Å²) in [5.41, 5.74) is 2.91. The molecule has 2 nitrogen and oxygen atoms in total. The van der Waals surface area contributed by atoms with Crippen LogP contribution in [0, 0.1) is 0 Å². The fourth-order valence-electron chi connectivity index (χ4n) is 3.25. The first-order chi connectivity index (χ1) is 12.0. The lowest BCUT2D eigenvalue weighted by Crippen LogP contribution is -2.23. The smallest absolute Gasteiger partial charge is 0.130 e. The van der Waals surface area contributed by atoms with Crippen molar-refractivity contribution in [2.45, 2.75) is 26.4 Å². The van der Waals surface area contributed by atoms with Crippen LogP contribution < -0.4 is 4.74 Å². The SMILES string of the molecule is CC(C)(C)Oc1ccc2cccnc2c1-c1cccc2ccccc12. The lowest BCUT2D eigenvalue weighted by molar-refractivity contribution is 0.132. The van der Waals surface area contributed by atoms with Gasteiger partial charge >= 0.3 is 0 Å². The molecule has 0 bridgehead atoms. The maximum absolute atomic E-state index is 6.30. The Kier molecular flexibility index (Phi) is 3.69. The maximum Gasteiger partial charge on any atom is 0.130 e. The van der Waals surface area contributed by atoms with Gasteiger partial charge in [0, 0.05) is 11.6 Å². The molecule has 124 valence electrons. The molecule has 2 heteroatoms. The molecular weight excluding hydrogens is 306 g/mol. The van der Waals surface area contributed by atoms with Gasteiger partial charge in [-0.25, -0.2) is 0 Å². The molecule has 3 aromatic carbocycles. The van der Waals surface area contributed by atoms with Gasteiger partial charge in [0.25, 0.3) is 0 Å². The van der Waals surface area contributed by atoms with E-state index in [4.69, 9.17) is 4.74 Å². The van der Waals surface area contributed by atoms with Crippen LogP contribution in [0.2, 0.25) is 0 Å². The Balaban J connectivity index is 2.09. The van der Waals surface area contributed by atoms with E-state index >= 15 is 0 Å². The summed E-state index contributed by atoms with van der Waals surface area (Å²) in [7, 11) is 0. The molecule has 0 N–H and O–H groups in total. The second-order valence-corrected chi connectivity index (χ2v) is 7.25. The van der Waals surface area contributed by atoms with Crippen LogP contribution in [0.15, 0.2) is 72.9 Å². The summed E-state index contributed by atoms with van der Waals surface area (Å²) < 4.78 is 6.30. The van der Waals surface area contributed by atoms with Crippen molar-refractivity contribution in [2.24, 2.45) is 0 Å². The summed E-state index contributed by atoms with van der Waals surface area (Å²) in [6.45, 7) is 6.22. The molecule has 0 radical (unpaired) electrons. The fourth-order valence-corrected chi connectivity index (χ4v) is 3.25. The standard InChI is InChI=1S/C23H21NO/c1-23(2,3)25-20-14-13-17-10-7-15-24-22(17)21(20)19-12-6-9-16-8-4-5-11-18(16)19/h4-15H,1-3H3. The minimum Gasteiger partial charge on any atom is -0.487 e. The number of benzene rings is 3. The van der Waals surface area contributed by atoms with Gasteiger partial charge in [-0.15, -0.1) is 0 Å². The van der Waals surface area contributed by atoms with Crippen LogP contribution in [0.1, 0.15) is 20.8 Å². The van der Waals surface area contributed by atoms with Crippen LogP contribution in [-0.4, -0.2) is 10.6 Å². The maximum atomic E-state index is 6.30. The molecule has 4 rings (SSSR count). The highest BCUT2D eigenvalue weighted by Gasteiger charge is 2.19. The van der Waals surface area contributed by atoms with Crippen LogP contribution in [0.3, 0.4) is 0 Å². The lowest BCUT2D eigenvalue weighted by Gasteiger charge is -2.24. The molecule has 1 aromatic heterocycles. The quantitative estimate of drug-likeness (QED) is 0.435. The Hall–Kier alpha value is -2.87. The Morgan fingerprint density at radius 1 is 0.760 bits per heavy atom. The predicted octanol–water partition coefficient (Wildman–Crippen LogP) is 6.23. The zero-order valence-electron chi connectivity index (χ0n) is 14.8. The molecule has 0 fully saturated rings. The fraction of sp³-hybridized carbons (Fsp3) is 0.174. The first-order valence-electron chi connectivity index (χ1n) is 8.58. The first kappa shape index (κ1) is 15.6. The number of fused-ring (bicyclic) bond motifs is 2. The lowest BCUT2D eigenvalue weighted by atomic mass is 9.95. The summed E-state index contributed by atoms with van der Waals surface area (Å²) in [6.07, 6.45) is 1.85. The second-order valence-electron chi connectivity index (χ2n) is 7.25. The summed E-state index contributed by atoms with van der Waals surface area (Å²) in [5, 5.41) is 3.54. The topological polar surface area (TPSA) is 22.1 Å². The molecule has 0 unspecified atom stereocenters. The van der Waals surface area contributed by atoms with E-state index in [1.807, 2.05) is 12.3 Å². The van der Waals surface area contributed by atoms with Crippen molar-refractivity contribution in [3.05, 3.63) is 72.9 Å². The normalized spacial score (nSPS) is 11.8. The monoisotopic (exact) mass is 327 g/mol. The molecule has 0 saturated heterocycles. The van der Waals surface area contributed by atoms with Crippen molar-refractivity contribution in [3.8, 4) is 16.9 Å². The molecule has 0 amide bonds. The van der Waals surface area contributed by atoms with Crippen LogP contribution >= 0.6 is 0 Å². The summed E-state index contributed by atoms with van der Waals surface area (Å²) in [4.78, 5) is 4.68. The van der Waals surface area contributed by atoms with Crippen molar-refractivity contribution in [3.63, 3.8) is 0 Å². The van der Waals surface area contributed by atoms with Crippen molar-refractivity contribution in [1.82, 2.24) is 4.98 Å². The number of hydrogen-bond donors (Lipinski definition) is 0. The molecular formula is C23H21NO. The molecule has 0 aliphatic rings. The number of pyridine rings is 1. The van der Waals surface area contributed by atoms with Gasteiger partial charge in [-0.05, 0) is 55.3 Å². The average Bonchev–Trinajstić information content (AvgIpc) is 2.60. The molecule has 0 aliphatic carbocycles. The van der Waals surface area contributed by atoms with Crippen molar-refractivity contribution in [1.29, 1.82) is 0 Å². The molecule has 4 aromatic rings. The van der Waals surface area contributed by atoms with E-state index in [9.17, 15) is 0 Å². The van der Waals surface area contributed by atoms with E-state index in [0.29, 0.717) is 0 Å². The number of aromatic nitrogens is 1. The van der Waals surface area contributed by atoms with Crippen molar-refractivity contribution < 1.29 is 4.74 Å². The summed E-state index contributed by atoms with van der Waals surface area (Å²) in [5.74, 6) is 0.870. The summed E-state index contributed by atoms with van der Waals surface area (Å²) >= 11 is 0. The van der Waals surface area contributed by atoms with E-state index in [-0.39, 0.29) is 5.60 Å². The van der Waals surface area contributed by atoms with E-state index in [1.165, 1.54) is 10.8 Å². The number of hydrogen-bond acceptors (Lipinski definition) is 2. The van der Waals surface area contributed by atoms with Crippen LogP contribution in [0.25, 0.3) is 32.8 Å². The highest BCUT2D eigenvalue weighted by Crippen LogP contribution is 2.40. The minimum absolute atomic E-state index is 0.276. The molecule has 0 saturated carbocycles. The number of rotatable bonds is 2. The molecule has 1 heterocycles. The van der Waals surface area contributed by atoms with Crippen LogP contribution in [0.4, 0.5) is 0 Å². The van der Waals surface area contributed by atoms with Gasteiger partial charge in [0.05, 0.1) is 11.1 Å². The van der Waals surface area contributed by atoms with Crippen LogP contribution in [0.5, 0.6) is 5.75 Å². The van der Waals surface area contributed by atoms with Gasteiger partial charge in [0.1, 0.15) is 11.4 Å². The predicted molar refractivity (Wildman–Crippen MR) is 105 cm³/mol. The van der Waals surface area contributed by atoms with Gasteiger partial charge in [0.2, 0.25) is 0 Å². The molecule has 0 spiro atoms. The Morgan fingerprint density at radius 3 is 2.36 bits per heavy atom. The average molecular weight is 327 g/mol. The third-order valence-electron chi connectivity index (χ3n) is 4.21. The van der Waals surface area contributed by atoms with Gasteiger partial charge < -0.3 is 4.74 Å². The highest BCUT2D eigenvalue weighted by molar-refractivity contribution is 6.06. The minimum atomic E-state index is -0.276. The zero-order chi connectivity index (χ0) is 17.4. The largest absolute Gasteiger partial charge is 0.487 e. The zero-order valence-corrected chi connectivity index (χ0v) is 14.8. The molecule has 0 aliphatic heterocycles. The molecule has 0 atom stereocenters. The second kappa shape index (κ2) is 5.89. The van der Waals surface area contributed by atoms with Gasteiger partial charge in [0.15, 0.2) is 0 Å². The van der Waals surface area contributed by atoms with E-state index < -0.39 is 0 Å². The first-order valence-corrected chi connectivity index (χ1v) is 8.58. The van der Waals surface area contributed by atoms with Gasteiger partial charge in [-0.2, -0.15) is 0 Å². The Morgan fingerprint density at radius 2 is 1.52 bits per heavy atom. The van der Waals surface area contributed by atoms with Crippen LogP contribution in [-0.2, 0) is 0 Å². The highest BCUT2D eigenvalue weighted by atomic mass is 16.5. The van der Waals surface area contributed by atoms with Crippen molar-refractivity contribution >= 4 is 21.7 Å².